The Balaban J connectivity index is 2.22. The van der Waals surface area contributed by atoms with E-state index in [0.717, 1.165) is 22.8 Å². The van der Waals surface area contributed by atoms with Crippen LogP contribution < -0.4 is 0 Å². The SMILES string of the molecule is Cc1ncc(Cc2ccco2)nc1C. The zero-order valence-electron chi connectivity index (χ0n) is 8.32. The molecule has 2 aromatic rings. The highest BCUT2D eigenvalue weighted by atomic mass is 16.3. The molecule has 3 nitrogen and oxygen atoms in total. The minimum absolute atomic E-state index is 0.709. The van der Waals surface area contributed by atoms with E-state index in [4.69, 9.17) is 4.42 Å². The first-order valence-electron chi connectivity index (χ1n) is 4.57. The topological polar surface area (TPSA) is 38.9 Å². The standard InChI is InChI=1S/C11H12N2O/c1-8-9(2)13-10(7-12-8)6-11-4-3-5-14-11/h3-5,7H,6H2,1-2H3. The number of aromatic nitrogens is 2. The van der Waals surface area contributed by atoms with Crippen LogP contribution in [0.25, 0.3) is 0 Å². The van der Waals surface area contributed by atoms with Gasteiger partial charge in [0.25, 0.3) is 0 Å². The van der Waals surface area contributed by atoms with Crippen molar-refractivity contribution in [2.24, 2.45) is 0 Å². The second-order valence-electron chi connectivity index (χ2n) is 3.29. The maximum absolute atomic E-state index is 5.24. The van der Waals surface area contributed by atoms with Gasteiger partial charge in [0.2, 0.25) is 0 Å². The van der Waals surface area contributed by atoms with Crippen molar-refractivity contribution >= 4 is 0 Å². The van der Waals surface area contributed by atoms with Crippen LogP contribution in [-0.4, -0.2) is 9.97 Å². The Hall–Kier alpha value is -1.64. The predicted molar refractivity (Wildman–Crippen MR) is 53.0 cm³/mol. The molecule has 0 aliphatic heterocycles. The van der Waals surface area contributed by atoms with Crippen molar-refractivity contribution < 1.29 is 4.42 Å². The summed E-state index contributed by atoms with van der Waals surface area (Å²) in [6.45, 7) is 3.92. The van der Waals surface area contributed by atoms with Gasteiger partial charge in [-0.05, 0) is 26.0 Å². The van der Waals surface area contributed by atoms with Crippen molar-refractivity contribution in [3.63, 3.8) is 0 Å². The quantitative estimate of drug-likeness (QED) is 0.725. The zero-order chi connectivity index (χ0) is 9.97. The van der Waals surface area contributed by atoms with Crippen molar-refractivity contribution in [2.75, 3.05) is 0 Å². The first-order valence-corrected chi connectivity index (χ1v) is 4.57. The van der Waals surface area contributed by atoms with Gasteiger partial charge >= 0.3 is 0 Å². The maximum Gasteiger partial charge on any atom is 0.109 e. The average Bonchev–Trinajstić information content (AvgIpc) is 2.64. The molecule has 0 unspecified atom stereocenters. The summed E-state index contributed by atoms with van der Waals surface area (Å²) in [7, 11) is 0. The molecule has 0 saturated heterocycles. The third-order valence-corrected chi connectivity index (χ3v) is 2.18. The third-order valence-electron chi connectivity index (χ3n) is 2.18. The van der Waals surface area contributed by atoms with Gasteiger partial charge < -0.3 is 4.42 Å². The van der Waals surface area contributed by atoms with Gasteiger partial charge in [-0.1, -0.05) is 0 Å². The Bertz CT molecular complexity index is 421. The first-order chi connectivity index (χ1) is 6.75. The van der Waals surface area contributed by atoms with Crippen molar-refractivity contribution in [2.45, 2.75) is 20.3 Å². The molecule has 0 radical (unpaired) electrons. The molecule has 0 spiro atoms. The highest BCUT2D eigenvalue weighted by Gasteiger charge is 2.02. The van der Waals surface area contributed by atoms with Crippen LogP contribution >= 0.6 is 0 Å². The number of aryl methyl sites for hydroxylation is 2. The molecule has 2 heterocycles. The molecule has 3 heteroatoms. The van der Waals surface area contributed by atoms with Crippen LogP contribution in [0.3, 0.4) is 0 Å². The summed E-state index contributed by atoms with van der Waals surface area (Å²) in [5.41, 5.74) is 2.91. The first kappa shape index (κ1) is 8.94. The fourth-order valence-corrected chi connectivity index (χ4v) is 1.27. The molecule has 0 aromatic carbocycles. The zero-order valence-corrected chi connectivity index (χ0v) is 8.32. The fraction of sp³-hybridized carbons (Fsp3) is 0.273. The summed E-state index contributed by atoms with van der Waals surface area (Å²) in [4.78, 5) is 8.68. The average molecular weight is 188 g/mol. The number of furan rings is 1. The third kappa shape index (κ3) is 1.82. The Morgan fingerprint density at radius 3 is 2.79 bits per heavy atom. The van der Waals surface area contributed by atoms with Crippen molar-refractivity contribution in [1.29, 1.82) is 0 Å². The number of rotatable bonds is 2. The van der Waals surface area contributed by atoms with Crippen molar-refractivity contribution in [3.05, 3.63) is 47.4 Å². The number of hydrogen-bond donors (Lipinski definition) is 0. The van der Waals surface area contributed by atoms with Crippen LogP contribution in [-0.2, 0) is 6.42 Å². The molecule has 0 saturated carbocycles. The minimum atomic E-state index is 0.709. The van der Waals surface area contributed by atoms with E-state index in [1.54, 1.807) is 12.5 Å². The Morgan fingerprint density at radius 1 is 1.29 bits per heavy atom. The molecular formula is C11H12N2O. The second kappa shape index (κ2) is 3.62. The number of hydrogen-bond acceptors (Lipinski definition) is 3. The van der Waals surface area contributed by atoms with E-state index in [1.807, 2.05) is 26.0 Å². The molecule has 14 heavy (non-hydrogen) atoms. The lowest BCUT2D eigenvalue weighted by Crippen LogP contribution is -1.97. The maximum atomic E-state index is 5.24. The van der Waals surface area contributed by atoms with Crippen LogP contribution in [0.4, 0.5) is 0 Å². The monoisotopic (exact) mass is 188 g/mol. The number of nitrogens with zero attached hydrogens (tertiary/aromatic N) is 2. The van der Waals surface area contributed by atoms with Gasteiger partial charge in [0.05, 0.1) is 23.3 Å². The molecule has 0 aliphatic carbocycles. The van der Waals surface area contributed by atoms with E-state index in [-0.39, 0.29) is 0 Å². The van der Waals surface area contributed by atoms with E-state index >= 15 is 0 Å². The Kier molecular flexibility index (Phi) is 2.31. The highest BCUT2D eigenvalue weighted by Crippen LogP contribution is 2.08. The van der Waals surface area contributed by atoms with E-state index in [2.05, 4.69) is 9.97 Å². The lowest BCUT2D eigenvalue weighted by molar-refractivity contribution is 0.518. The Morgan fingerprint density at radius 2 is 2.14 bits per heavy atom. The van der Waals surface area contributed by atoms with Crippen molar-refractivity contribution in [3.8, 4) is 0 Å². The normalized spacial score (nSPS) is 10.4. The van der Waals surface area contributed by atoms with Crippen LogP contribution in [0.2, 0.25) is 0 Å². The minimum Gasteiger partial charge on any atom is -0.469 e. The molecule has 72 valence electrons. The molecule has 0 N–H and O–H groups in total. The van der Waals surface area contributed by atoms with Gasteiger partial charge in [0.1, 0.15) is 5.76 Å². The van der Waals surface area contributed by atoms with Gasteiger partial charge in [0.15, 0.2) is 0 Å². The molecule has 2 rings (SSSR count). The summed E-state index contributed by atoms with van der Waals surface area (Å²) >= 11 is 0. The predicted octanol–water partition coefficient (Wildman–Crippen LogP) is 2.28. The van der Waals surface area contributed by atoms with Crippen LogP contribution in [0.15, 0.2) is 29.0 Å². The van der Waals surface area contributed by atoms with Gasteiger partial charge in [-0.25, -0.2) is 0 Å². The van der Waals surface area contributed by atoms with Gasteiger partial charge in [-0.15, -0.1) is 0 Å². The molecule has 0 bridgehead atoms. The summed E-state index contributed by atoms with van der Waals surface area (Å²) in [6, 6.07) is 3.82. The molecule has 0 atom stereocenters. The van der Waals surface area contributed by atoms with Gasteiger partial charge in [-0.3, -0.25) is 9.97 Å². The summed E-state index contributed by atoms with van der Waals surface area (Å²) in [6.07, 6.45) is 4.18. The second-order valence-corrected chi connectivity index (χ2v) is 3.29. The smallest absolute Gasteiger partial charge is 0.109 e. The molecule has 0 amide bonds. The van der Waals surface area contributed by atoms with Gasteiger partial charge in [0, 0.05) is 12.6 Å². The fourth-order valence-electron chi connectivity index (χ4n) is 1.27. The van der Waals surface area contributed by atoms with E-state index in [0.29, 0.717) is 6.42 Å². The summed E-state index contributed by atoms with van der Waals surface area (Å²) in [5, 5.41) is 0. The lowest BCUT2D eigenvalue weighted by Gasteiger charge is -2.01. The molecule has 0 fully saturated rings. The summed E-state index contributed by atoms with van der Waals surface area (Å²) < 4.78 is 5.24. The molecule has 2 aromatic heterocycles. The van der Waals surface area contributed by atoms with E-state index in [1.165, 1.54) is 0 Å². The van der Waals surface area contributed by atoms with Crippen molar-refractivity contribution in [1.82, 2.24) is 9.97 Å². The highest BCUT2D eigenvalue weighted by molar-refractivity contribution is 5.15. The largest absolute Gasteiger partial charge is 0.469 e. The van der Waals surface area contributed by atoms with E-state index in [9.17, 15) is 0 Å². The molecular weight excluding hydrogens is 176 g/mol. The Labute approximate surface area is 82.8 Å². The van der Waals surface area contributed by atoms with Crippen LogP contribution in [0.5, 0.6) is 0 Å². The van der Waals surface area contributed by atoms with Crippen LogP contribution in [0, 0.1) is 13.8 Å². The van der Waals surface area contributed by atoms with Gasteiger partial charge in [-0.2, -0.15) is 0 Å². The lowest BCUT2D eigenvalue weighted by atomic mass is 10.2. The van der Waals surface area contributed by atoms with Crippen LogP contribution in [0.1, 0.15) is 22.8 Å². The van der Waals surface area contributed by atoms with E-state index < -0.39 is 0 Å². The summed E-state index contributed by atoms with van der Waals surface area (Å²) in [5.74, 6) is 0.919. The molecule has 0 aliphatic rings.